The van der Waals surface area contributed by atoms with E-state index in [1.165, 1.54) is 11.3 Å². The van der Waals surface area contributed by atoms with Crippen molar-refractivity contribution in [2.24, 2.45) is 0 Å². The van der Waals surface area contributed by atoms with E-state index in [-0.39, 0.29) is 0 Å². The summed E-state index contributed by atoms with van der Waals surface area (Å²) in [5.74, 6) is 0. The van der Waals surface area contributed by atoms with Gasteiger partial charge in [0.15, 0.2) is 5.11 Å². The molecular weight excluding hydrogens is 238 g/mol. The molecule has 0 amide bonds. The molecule has 0 atom stereocenters. The van der Waals surface area contributed by atoms with Crippen LogP contribution in [0.3, 0.4) is 0 Å². The van der Waals surface area contributed by atoms with Crippen molar-refractivity contribution in [2.75, 3.05) is 7.05 Å². The molecule has 0 aliphatic rings. The Labute approximate surface area is 97.1 Å². The van der Waals surface area contributed by atoms with Gasteiger partial charge in [-0.15, -0.1) is 11.3 Å². The standard InChI is InChI=1S/C8H10ClN3S2/c1-5(11-12-8(13)10-2)6-3-4-7(9)14-6/h3-4,11H,1H2,2H3,(H2,10,12,13). The van der Waals surface area contributed by atoms with Gasteiger partial charge in [0.05, 0.1) is 14.9 Å². The van der Waals surface area contributed by atoms with Crippen LogP contribution in [-0.2, 0) is 0 Å². The normalized spacial score (nSPS) is 9.29. The third-order valence-corrected chi connectivity index (χ3v) is 3.02. The first kappa shape index (κ1) is 11.3. The van der Waals surface area contributed by atoms with Gasteiger partial charge in [0, 0.05) is 7.05 Å². The van der Waals surface area contributed by atoms with Crippen molar-refractivity contribution in [3.63, 3.8) is 0 Å². The van der Waals surface area contributed by atoms with E-state index in [2.05, 4.69) is 22.7 Å². The highest BCUT2D eigenvalue weighted by Gasteiger charge is 2.01. The van der Waals surface area contributed by atoms with Crippen molar-refractivity contribution < 1.29 is 0 Å². The van der Waals surface area contributed by atoms with E-state index in [4.69, 9.17) is 23.8 Å². The van der Waals surface area contributed by atoms with Gasteiger partial charge < -0.3 is 5.32 Å². The Morgan fingerprint density at radius 3 is 2.71 bits per heavy atom. The van der Waals surface area contributed by atoms with Gasteiger partial charge in [0.1, 0.15) is 0 Å². The van der Waals surface area contributed by atoms with Gasteiger partial charge in [-0.05, 0) is 24.4 Å². The van der Waals surface area contributed by atoms with Crippen molar-refractivity contribution >= 4 is 46.0 Å². The molecule has 0 saturated carbocycles. The summed E-state index contributed by atoms with van der Waals surface area (Å²) in [4.78, 5) is 0.974. The third kappa shape index (κ3) is 3.17. The molecule has 1 aromatic rings. The van der Waals surface area contributed by atoms with Gasteiger partial charge in [-0.3, -0.25) is 10.9 Å². The van der Waals surface area contributed by atoms with E-state index in [1.807, 2.05) is 12.1 Å². The SMILES string of the molecule is C=C(NNC(=S)NC)c1ccc(Cl)s1. The van der Waals surface area contributed by atoms with E-state index in [0.717, 1.165) is 14.9 Å². The summed E-state index contributed by atoms with van der Waals surface area (Å²) in [6.45, 7) is 3.84. The molecule has 0 bridgehead atoms. The van der Waals surface area contributed by atoms with Crippen LogP contribution < -0.4 is 16.2 Å². The minimum absolute atomic E-state index is 0.508. The lowest BCUT2D eigenvalue weighted by Crippen LogP contribution is -2.41. The van der Waals surface area contributed by atoms with Crippen LogP contribution in [0.1, 0.15) is 4.88 Å². The third-order valence-electron chi connectivity index (χ3n) is 1.42. The Balaban J connectivity index is 2.47. The summed E-state index contributed by atoms with van der Waals surface area (Å²) in [6.07, 6.45) is 0. The van der Waals surface area contributed by atoms with Crippen molar-refractivity contribution in [3.05, 3.63) is 27.9 Å². The second-order valence-electron chi connectivity index (χ2n) is 2.41. The molecule has 76 valence electrons. The minimum Gasteiger partial charge on any atom is -0.364 e. The van der Waals surface area contributed by atoms with Crippen molar-refractivity contribution in [2.45, 2.75) is 0 Å². The van der Waals surface area contributed by atoms with Gasteiger partial charge in [-0.1, -0.05) is 18.2 Å². The maximum atomic E-state index is 5.79. The Kier molecular flexibility index (Phi) is 4.19. The van der Waals surface area contributed by atoms with Gasteiger partial charge in [-0.25, -0.2) is 0 Å². The number of halogens is 1. The molecule has 0 spiro atoms. The smallest absolute Gasteiger partial charge is 0.184 e. The van der Waals surface area contributed by atoms with Crippen LogP contribution in [0.15, 0.2) is 18.7 Å². The quantitative estimate of drug-likeness (QED) is 0.564. The van der Waals surface area contributed by atoms with Gasteiger partial charge in [-0.2, -0.15) is 0 Å². The molecular formula is C8H10ClN3S2. The second-order valence-corrected chi connectivity index (χ2v) is 4.53. The number of hydrogen-bond acceptors (Lipinski definition) is 3. The number of thiocarbonyl (C=S) groups is 1. The molecule has 0 radical (unpaired) electrons. The van der Waals surface area contributed by atoms with E-state index in [9.17, 15) is 0 Å². The summed E-state index contributed by atoms with van der Waals surface area (Å²) in [6, 6.07) is 3.72. The first-order chi connectivity index (χ1) is 6.63. The van der Waals surface area contributed by atoms with Crippen molar-refractivity contribution in [3.8, 4) is 0 Å². The summed E-state index contributed by atoms with van der Waals surface area (Å²) >= 11 is 12.1. The van der Waals surface area contributed by atoms with Gasteiger partial charge >= 0.3 is 0 Å². The topological polar surface area (TPSA) is 36.1 Å². The number of thiophene rings is 1. The lowest BCUT2D eigenvalue weighted by Gasteiger charge is -2.10. The number of hydrazine groups is 1. The number of rotatable bonds is 3. The lowest BCUT2D eigenvalue weighted by molar-refractivity contribution is 0.826. The van der Waals surface area contributed by atoms with Gasteiger partial charge in [0.2, 0.25) is 0 Å². The number of hydrogen-bond donors (Lipinski definition) is 3. The predicted molar refractivity (Wildman–Crippen MR) is 66.3 cm³/mol. The largest absolute Gasteiger partial charge is 0.364 e. The monoisotopic (exact) mass is 247 g/mol. The van der Waals surface area contributed by atoms with Crippen LogP contribution in [0.2, 0.25) is 4.34 Å². The fraction of sp³-hybridized carbons (Fsp3) is 0.125. The maximum absolute atomic E-state index is 5.79. The highest BCUT2D eigenvalue weighted by Crippen LogP contribution is 2.24. The first-order valence-electron chi connectivity index (χ1n) is 3.82. The fourth-order valence-corrected chi connectivity index (χ4v) is 1.75. The van der Waals surface area contributed by atoms with Crippen LogP contribution in [0.5, 0.6) is 0 Å². The first-order valence-corrected chi connectivity index (χ1v) is 5.42. The molecule has 0 unspecified atom stereocenters. The molecule has 0 aromatic carbocycles. The highest BCUT2D eigenvalue weighted by molar-refractivity contribution is 7.80. The van der Waals surface area contributed by atoms with E-state index < -0.39 is 0 Å². The average Bonchev–Trinajstić information content (AvgIpc) is 2.60. The molecule has 1 aromatic heterocycles. The Morgan fingerprint density at radius 2 is 2.21 bits per heavy atom. The number of nitrogens with one attached hydrogen (secondary N) is 3. The Hall–Kier alpha value is -0.780. The van der Waals surface area contributed by atoms with Crippen LogP contribution >= 0.6 is 35.2 Å². The van der Waals surface area contributed by atoms with E-state index in [1.54, 1.807) is 7.05 Å². The summed E-state index contributed by atoms with van der Waals surface area (Å²) in [5, 5.41) is 3.28. The van der Waals surface area contributed by atoms with Gasteiger partial charge in [0.25, 0.3) is 0 Å². The molecule has 1 heterocycles. The lowest BCUT2D eigenvalue weighted by atomic mass is 10.4. The molecule has 0 saturated heterocycles. The Bertz CT molecular complexity index is 348. The van der Waals surface area contributed by atoms with E-state index >= 15 is 0 Å². The zero-order chi connectivity index (χ0) is 10.6. The predicted octanol–water partition coefficient (Wildman–Crippen LogP) is 1.97. The zero-order valence-electron chi connectivity index (χ0n) is 7.56. The van der Waals surface area contributed by atoms with Crippen molar-refractivity contribution in [1.29, 1.82) is 0 Å². The Morgan fingerprint density at radius 1 is 1.50 bits per heavy atom. The van der Waals surface area contributed by atoms with E-state index in [0.29, 0.717) is 5.11 Å². The molecule has 0 aliphatic heterocycles. The molecule has 0 aliphatic carbocycles. The second kappa shape index (κ2) is 5.19. The van der Waals surface area contributed by atoms with Crippen LogP contribution in [-0.4, -0.2) is 12.2 Å². The molecule has 6 heteroatoms. The summed E-state index contributed by atoms with van der Waals surface area (Å²) in [7, 11) is 1.74. The summed E-state index contributed by atoms with van der Waals surface area (Å²) in [5.41, 5.74) is 6.38. The molecule has 14 heavy (non-hydrogen) atoms. The highest BCUT2D eigenvalue weighted by atomic mass is 35.5. The summed E-state index contributed by atoms with van der Waals surface area (Å²) < 4.78 is 0.735. The van der Waals surface area contributed by atoms with Crippen LogP contribution in [0, 0.1) is 0 Å². The molecule has 0 fully saturated rings. The molecule has 3 N–H and O–H groups in total. The molecule has 3 nitrogen and oxygen atoms in total. The average molecular weight is 248 g/mol. The fourth-order valence-electron chi connectivity index (χ4n) is 0.733. The van der Waals surface area contributed by atoms with Crippen LogP contribution in [0.4, 0.5) is 0 Å². The minimum atomic E-state index is 0.508. The maximum Gasteiger partial charge on any atom is 0.184 e. The van der Waals surface area contributed by atoms with Crippen molar-refractivity contribution in [1.82, 2.24) is 16.2 Å². The zero-order valence-corrected chi connectivity index (χ0v) is 9.95. The molecule has 1 rings (SSSR count). The van der Waals surface area contributed by atoms with Crippen LogP contribution in [0.25, 0.3) is 5.70 Å².